The van der Waals surface area contributed by atoms with Gasteiger partial charge in [-0.05, 0) is 66.5 Å². The zero-order chi connectivity index (χ0) is 19.5. The SMILES string of the molecule is Cc1ccccc1NC(=O)c1cc2c3c(c1)C1C=CCC1CN3CC1CC=CC21. The highest BCUT2D eigenvalue weighted by atomic mass is 16.1. The Hall–Kier alpha value is -2.81. The third kappa shape index (κ3) is 2.60. The lowest BCUT2D eigenvalue weighted by molar-refractivity contribution is 0.102. The van der Waals surface area contributed by atoms with Gasteiger partial charge in [0.2, 0.25) is 0 Å². The zero-order valence-corrected chi connectivity index (χ0v) is 16.8. The lowest BCUT2D eigenvalue weighted by Gasteiger charge is -2.46. The summed E-state index contributed by atoms with van der Waals surface area (Å²) in [5.74, 6) is 2.20. The number of hydrogen-bond acceptors (Lipinski definition) is 2. The number of benzene rings is 2. The second-order valence-electron chi connectivity index (χ2n) is 9.08. The number of carbonyl (C=O) groups excluding carboxylic acids is 1. The smallest absolute Gasteiger partial charge is 0.255 e. The highest BCUT2D eigenvalue weighted by molar-refractivity contribution is 6.05. The van der Waals surface area contributed by atoms with Crippen LogP contribution in [0.5, 0.6) is 0 Å². The maximum absolute atomic E-state index is 13.2. The van der Waals surface area contributed by atoms with Gasteiger partial charge in [0, 0.05) is 41.9 Å². The molecule has 3 nitrogen and oxygen atoms in total. The molecule has 4 atom stereocenters. The number of nitrogens with zero attached hydrogens (tertiary/aromatic N) is 1. The van der Waals surface area contributed by atoms with Crippen molar-refractivity contribution in [3.8, 4) is 0 Å². The van der Waals surface area contributed by atoms with E-state index in [2.05, 4.69) is 46.7 Å². The van der Waals surface area contributed by atoms with E-state index in [-0.39, 0.29) is 5.91 Å². The molecule has 0 spiro atoms. The lowest BCUT2D eigenvalue weighted by Crippen LogP contribution is -2.43. The Bertz CT molecular complexity index is 1020. The molecule has 4 unspecified atom stereocenters. The molecule has 0 bridgehead atoms. The number of rotatable bonds is 2. The van der Waals surface area contributed by atoms with Gasteiger partial charge < -0.3 is 10.2 Å². The number of anilines is 2. The first-order valence-electron chi connectivity index (χ1n) is 10.8. The summed E-state index contributed by atoms with van der Waals surface area (Å²) < 4.78 is 0. The van der Waals surface area contributed by atoms with Crippen molar-refractivity contribution < 1.29 is 4.79 Å². The first-order valence-corrected chi connectivity index (χ1v) is 10.8. The number of para-hydroxylation sites is 1. The molecule has 0 fully saturated rings. The molecule has 0 saturated carbocycles. The number of allylic oxidation sites excluding steroid dienone is 4. The molecule has 29 heavy (non-hydrogen) atoms. The summed E-state index contributed by atoms with van der Waals surface area (Å²) in [6, 6.07) is 12.3. The van der Waals surface area contributed by atoms with E-state index in [1.54, 1.807) is 0 Å². The van der Waals surface area contributed by atoms with Gasteiger partial charge in [-0.3, -0.25) is 4.79 Å². The summed E-state index contributed by atoms with van der Waals surface area (Å²) in [5.41, 5.74) is 6.91. The molecule has 1 amide bonds. The summed E-state index contributed by atoms with van der Waals surface area (Å²) in [6.07, 6.45) is 11.7. The topological polar surface area (TPSA) is 32.3 Å². The quantitative estimate of drug-likeness (QED) is 0.705. The number of nitrogens with one attached hydrogen (secondary N) is 1. The van der Waals surface area contributed by atoms with Crippen LogP contribution < -0.4 is 10.2 Å². The average Bonchev–Trinajstić information content (AvgIpc) is 3.39. The van der Waals surface area contributed by atoms with Crippen LogP contribution in [0.1, 0.15) is 51.7 Å². The van der Waals surface area contributed by atoms with Crippen molar-refractivity contribution in [2.75, 3.05) is 23.3 Å². The van der Waals surface area contributed by atoms with E-state index < -0.39 is 0 Å². The molecular formula is C26H26N2O. The minimum Gasteiger partial charge on any atom is -0.370 e. The fourth-order valence-corrected chi connectivity index (χ4v) is 5.91. The van der Waals surface area contributed by atoms with Crippen molar-refractivity contribution in [2.24, 2.45) is 11.8 Å². The average molecular weight is 383 g/mol. The number of aryl methyl sites for hydroxylation is 1. The summed E-state index contributed by atoms with van der Waals surface area (Å²) in [5, 5.41) is 3.14. The van der Waals surface area contributed by atoms with E-state index in [1.807, 2.05) is 31.2 Å². The largest absolute Gasteiger partial charge is 0.370 e. The van der Waals surface area contributed by atoms with Gasteiger partial charge in [-0.2, -0.15) is 0 Å². The summed E-state index contributed by atoms with van der Waals surface area (Å²) in [4.78, 5) is 15.9. The minimum atomic E-state index is -0.00176. The van der Waals surface area contributed by atoms with E-state index in [0.717, 1.165) is 42.7 Å². The molecule has 4 aliphatic rings. The van der Waals surface area contributed by atoms with Crippen molar-refractivity contribution >= 4 is 17.3 Å². The highest BCUT2D eigenvalue weighted by Crippen LogP contribution is 2.53. The Labute approximate surface area is 172 Å². The van der Waals surface area contributed by atoms with Crippen molar-refractivity contribution in [1.29, 1.82) is 0 Å². The molecule has 0 saturated heterocycles. The van der Waals surface area contributed by atoms with E-state index in [4.69, 9.17) is 0 Å². The van der Waals surface area contributed by atoms with Crippen LogP contribution >= 0.6 is 0 Å². The van der Waals surface area contributed by atoms with Crippen LogP contribution in [0.25, 0.3) is 0 Å². The Morgan fingerprint density at radius 2 is 1.59 bits per heavy atom. The predicted octanol–water partition coefficient (Wildman–Crippen LogP) is 5.40. The van der Waals surface area contributed by atoms with E-state index >= 15 is 0 Å². The third-order valence-corrected chi connectivity index (χ3v) is 7.35. The second kappa shape index (κ2) is 6.35. The maximum Gasteiger partial charge on any atom is 0.255 e. The zero-order valence-electron chi connectivity index (χ0n) is 16.8. The predicted molar refractivity (Wildman–Crippen MR) is 118 cm³/mol. The molecule has 2 aromatic rings. The van der Waals surface area contributed by atoms with Crippen molar-refractivity contribution in [2.45, 2.75) is 31.6 Å². The molecule has 3 heteroatoms. The second-order valence-corrected chi connectivity index (χ2v) is 9.08. The molecule has 146 valence electrons. The Morgan fingerprint density at radius 1 is 0.966 bits per heavy atom. The Morgan fingerprint density at radius 3 is 2.21 bits per heavy atom. The maximum atomic E-state index is 13.2. The number of carbonyl (C=O) groups is 1. The van der Waals surface area contributed by atoms with Crippen LogP contribution in [0, 0.1) is 18.8 Å². The van der Waals surface area contributed by atoms with Crippen LogP contribution in [0.3, 0.4) is 0 Å². The van der Waals surface area contributed by atoms with E-state index in [1.165, 1.54) is 16.8 Å². The fourth-order valence-electron chi connectivity index (χ4n) is 5.91. The molecule has 2 aliphatic heterocycles. The first-order chi connectivity index (χ1) is 14.2. The van der Waals surface area contributed by atoms with Crippen LogP contribution in [0.15, 0.2) is 60.7 Å². The molecule has 1 N–H and O–H groups in total. The molecule has 2 aromatic carbocycles. The van der Waals surface area contributed by atoms with Gasteiger partial charge in [0.1, 0.15) is 0 Å². The third-order valence-electron chi connectivity index (χ3n) is 7.35. The summed E-state index contributed by atoms with van der Waals surface area (Å²) in [7, 11) is 0. The first kappa shape index (κ1) is 17.1. The van der Waals surface area contributed by atoms with Gasteiger partial charge in [0.05, 0.1) is 0 Å². The van der Waals surface area contributed by atoms with Crippen LogP contribution in [-0.2, 0) is 0 Å². The van der Waals surface area contributed by atoms with Crippen molar-refractivity contribution in [3.05, 3.63) is 83.0 Å². The molecular weight excluding hydrogens is 356 g/mol. The standard InChI is InChI=1S/C26H26N2O/c1-16-6-2-3-11-24(16)27-26(29)19-12-22-20-9-4-7-17(20)14-28-15-18-8-5-10-21(18)23(13-19)25(22)28/h2-6,9-13,17-18,20-21H,7-8,14-15H2,1H3,(H,27,29). The number of amides is 1. The van der Waals surface area contributed by atoms with Gasteiger partial charge in [-0.15, -0.1) is 0 Å². The van der Waals surface area contributed by atoms with Gasteiger partial charge in [-0.1, -0.05) is 42.5 Å². The minimum absolute atomic E-state index is 0.00176. The monoisotopic (exact) mass is 382 g/mol. The molecule has 0 aromatic heterocycles. The van der Waals surface area contributed by atoms with Crippen LogP contribution in [-0.4, -0.2) is 19.0 Å². The lowest BCUT2D eigenvalue weighted by atomic mass is 9.74. The normalized spacial score (nSPS) is 28.1. The number of hydrogen-bond donors (Lipinski definition) is 1. The van der Waals surface area contributed by atoms with Gasteiger partial charge >= 0.3 is 0 Å². The van der Waals surface area contributed by atoms with Gasteiger partial charge in [0.15, 0.2) is 0 Å². The Kier molecular flexibility index (Phi) is 3.74. The Balaban J connectivity index is 1.46. The van der Waals surface area contributed by atoms with Crippen LogP contribution in [0.4, 0.5) is 11.4 Å². The highest BCUT2D eigenvalue weighted by Gasteiger charge is 2.42. The van der Waals surface area contributed by atoms with Crippen LogP contribution in [0.2, 0.25) is 0 Å². The van der Waals surface area contributed by atoms with Gasteiger partial charge in [0.25, 0.3) is 5.91 Å². The molecule has 2 heterocycles. The van der Waals surface area contributed by atoms with Crippen molar-refractivity contribution in [1.82, 2.24) is 0 Å². The van der Waals surface area contributed by atoms with E-state index in [0.29, 0.717) is 23.7 Å². The van der Waals surface area contributed by atoms with E-state index in [9.17, 15) is 4.79 Å². The fraction of sp³-hybridized carbons (Fsp3) is 0.346. The number of fused-ring (bicyclic) bond motifs is 4. The van der Waals surface area contributed by atoms with Crippen molar-refractivity contribution in [3.63, 3.8) is 0 Å². The van der Waals surface area contributed by atoms with Gasteiger partial charge in [-0.25, -0.2) is 0 Å². The molecule has 0 radical (unpaired) electrons. The molecule has 2 aliphatic carbocycles. The summed E-state index contributed by atoms with van der Waals surface area (Å²) in [6.45, 7) is 4.33. The summed E-state index contributed by atoms with van der Waals surface area (Å²) >= 11 is 0. The molecule has 6 rings (SSSR count).